The van der Waals surface area contributed by atoms with Crippen LogP contribution in [0.5, 0.6) is 0 Å². The van der Waals surface area contributed by atoms with Gasteiger partial charge in [-0.3, -0.25) is 0 Å². The molecule has 0 heterocycles. The number of likely N-dealkylation sites (N-methyl/N-ethyl adjacent to an activating group) is 1. The molecule has 0 amide bonds. The number of nitrogens with zero attached hydrogens (tertiary/aromatic N) is 2. The van der Waals surface area contributed by atoms with Crippen molar-refractivity contribution in [1.29, 1.82) is 0 Å². The van der Waals surface area contributed by atoms with E-state index in [4.69, 9.17) is 11.7 Å². The number of halogens is 2. The summed E-state index contributed by atoms with van der Waals surface area (Å²) in [5.74, 6) is 11.4. The average molecular weight is 320 g/mol. The second-order valence-electron chi connectivity index (χ2n) is 3.98. The van der Waals surface area contributed by atoms with Crippen LogP contribution in [-0.4, -0.2) is 43.9 Å². The Morgan fingerprint density at radius 1 is 1.00 bits per heavy atom. The molecule has 13 heavy (non-hydrogen) atoms. The summed E-state index contributed by atoms with van der Waals surface area (Å²) in [6.45, 7) is 0.791. The van der Waals surface area contributed by atoms with Gasteiger partial charge in [-0.15, -0.1) is 0 Å². The maximum absolute atomic E-state index is 5.70. The molecule has 0 aromatic rings. The highest BCUT2D eigenvalue weighted by Crippen LogP contribution is 1.90. The van der Waals surface area contributed by atoms with Crippen LogP contribution in [0.4, 0.5) is 0 Å². The van der Waals surface area contributed by atoms with E-state index in [9.17, 15) is 0 Å². The van der Waals surface area contributed by atoms with Crippen molar-refractivity contribution >= 4 is 0 Å². The van der Waals surface area contributed by atoms with E-state index in [-0.39, 0.29) is 34.0 Å². The zero-order valence-corrected chi connectivity index (χ0v) is 11.8. The summed E-state index contributed by atoms with van der Waals surface area (Å²) >= 11 is 0. The van der Waals surface area contributed by atoms with E-state index in [2.05, 4.69) is 0 Å². The minimum atomic E-state index is 0. The maximum Gasteiger partial charge on any atom is 0.120 e. The van der Waals surface area contributed by atoms with Crippen LogP contribution in [0.25, 0.3) is 0 Å². The van der Waals surface area contributed by atoms with Gasteiger partial charge < -0.3 is 34.0 Å². The first-order chi connectivity index (χ1) is 4.71. The molecule has 0 aliphatic carbocycles. The molecule has 0 aromatic carbocycles. The normalized spacial score (nSPS) is 12.2. The van der Waals surface area contributed by atoms with Crippen LogP contribution in [0.1, 0.15) is 0 Å². The van der Waals surface area contributed by atoms with Crippen LogP contribution in [0.15, 0.2) is 12.3 Å². The van der Waals surface area contributed by atoms with E-state index in [0.717, 1.165) is 6.54 Å². The van der Waals surface area contributed by atoms with Crippen LogP contribution in [0.2, 0.25) is 0 Å². The Morgan fingerprint density at radius 3 is 1.62 bits per heavy atom. The predicted octanol–water partition coefficient (Wildman–Crippen LogP) is -6.59. The number of hydrogen-bond acceptors (Lipinski definition) is 2. The molecule has 0 radical (unpaired) electrons. The van der Waals surface area contributed by atoms with Crippen molar-refractivity contribution in [2.24, 2.45) is 11.7 Å². The molecule has 4 nitrogen and oxygen atoms in total. The first-order valence-corrected chi connectivity index (χ1v) is 3.62. The first-order valence-electron chi connectivity index (χ1n) is 3.62. The van der Waals surface area contributed by atoms with Gasteiger partial charge in [0.25, 0.3) is 0 Å². The third-order valence-corrected chi connectivity index (χ3v) is 1.07. The summed E-state index contributed by atoms with van der Waals surface area (Å²) < 4.78 is 0.788. The summed E-state index contributed by atoms with van der Waals surface area (Å²) in [4.78, 5) is 0. The van der Waals surface area contributed by atoms with E-state index < -0.39 is 0 Å². The lowest BCUT2D eigenvalue weighted by Gasteiger charge is -2.21. The molecule has 4 N–H and O–H groups in total. The maximum atomic E-state index is 5.70. The van der Waals surface area contributed by atoms with Gasteiger partial charge in [-0.05, 0) is 0 Å². The molecule has 0 saturated heterocycles. The van der Waals surface area contributed by atoms with Crippen LogP contribution in [-0.2, 0) is 0 Å². The largest absolute Gasteiger partial charge is 1.00 e. The van der Waals surface area contributed by atoms with Crippen LogP contribution < -0.4 is 45.6 Å². The van der Waals surface area contributed by atoms with Gasteiger partial charge in [0, 0.05) is 6.08 Å². The number of quaternary nitrogens is 2. The van der Waals surface area contributed by atoms with Gasteiger partial charge in [-0.2, -0.15) is 11.7 Å². The van der Waals surface area contributed by atoms with E-state index in [1.54, 1.807) is 0 Å². The highest BCUT2D eigenvalue weighted by atomic mass is 79.9. The topological polar surface area (TPSA) is 52.0 Å². The summed E-state index contributed by atoms with van der Waals surface area (Å²) in [5.41, 5.74) is 0. The lowest BCUT2D eigenvalue weighted by molar-refractivity contribution is -0.897. The molecule has 0 aliphatic rings. The van der Waals surface area contributed by atoms with Crippen molar-refractivity contribution < 1.29 is 43.1 Å². The van der Waals surface area contributed by atoms with E-state index >= 15 is 0 Å². The van der Waals surface area contributed by atoms with Crippen molar-refractivity contribution in [2.75, 3.05) is 34.7 Å². The molecule has 0 saturated carbocycles. The fourth-order valence-corrected chi connectivity index (χ4v) is 0.590. The number of rotatable bonds is 3. The summed E-state index contributed by atoms with van der Waals surface area (Å²) in [5, 5.41) is 0. The molecule has 6 heteroatoms. The van der Waals surface area contributed by atoms with E-state index in [0.29, 0.717) is 9.18 Å². The van der Waals surface area contributed by atoms with Gasteiger partial charge in [-0.25, -0.2) is 9.18 Å². The second kappa shape index (κ2) is 6.92. The Morgan fingerprint density at radius 2 is 1.38 bits per heavy atom. The Bertz CT molecular complexity index is 146. The van der Waals surface area contributed by atoms with Gasteiger partial charge in [-0.1, -0.05) is 0 Å². The summed E-state index contributed by atoms with van der Waals surface area (Å²) in [6, 6.07) is 0. The minimum Gasteiger partial charge on any atom is -1.00 e. The fraction of sp³-hybridized carbons (Fsp3) is 0.714. The summed E-state index contributed by atoms with van der Waals surface area (Å²) in [6.07, 6.45) is 3.90. The van der Waals surface area contributed by atoms with Gasteiger partial charge in [0.15, 0.2) is 0 Å². The van der Waals surface area contributed by atoms with E-state index in [1.165, 1.54) is 0 Å². The number of nitrogens with two attached hydrogens (primary N) is 2. The second-order valence-corrected chi connectivity index (χ2v) is 3.98. The monoisotopic (exact) mass is 318 g/mol. The molecule has 0 bridgehead atoms. The molecular weight excluding hydrogens is 300 g/mol. The Balaban J connectivity index is -0.000000500. The standard InChI is InChI=1S/C7H20N4.2BrH/c1-10(2,8)6-5-7-11(3,4)9;;/h5-6H,7-9H2,1-4H3;2*1H/q+2;;/p-2/b6-5+;;. The van der Waals surface area contributed by atoms with Gasteiger partial charge in [0.05, 0.1) is 28.2 Å². The van der Waals surface area contributed by atoms with Gasteiger partial charge in [0.2, 0.25) is 0 Å². The van der Waals surface area contributed by atoms with Gasteiger partial charge in [0.1, 0.15) is 12.7 Å². The zero-order chi connectivity index (χ0) is 9.12. The van der Waals surface area contributed by atoms with Crippen LogP contribution in [0.3, 0.4) is 0 Å². The molecule has 0 spiro atoms. The SMILES string of the molecule is C[N+](C)(N)/C=C/C[N+](C)(C)N.[Br-].[Br-]. The minimum absolute atomic E-state index is 0. The summed E-state index contributed by atoms with van der Waals surface area (Å²) in [7, 11) is 7.65. The van der Waals surface area contributed by atoms with Crippen molar-refractivity contribution in [3.05, 3.63) is 12.3 Å². The van der Waals surface area contributed by atoms with Crippen molar-refractivity contribution in [3.63, 3.8) is 0 Å². The Hall–Kier alpha value is 0.540. The molecule has 0 aliphatic heterocycles. The quantitative estimate of drug-likeness (QED) is 0.309. The molecule has 82 valence electrons. The van der Waals surface area contributed by atoms with Crippen molar-refractivity contribution in [2.45, 2.75) is 0 Å². The number of hydrogen-bond donors (Lipinski definition) is 2. The zero-order valence-electron chi connectivity index (χ0n) is 8.67. The third kappa shape index (κ3) is 19.1. The molecule has 0 aromatic heterocycles. The molecular formula is C7H20Br2N4. The molecule has 0 unspecified atom stereocenters. The Kier molecular flexibility index (Phi) is 10.2. The van der Waals surface area contributed by atoms with Crippen LogP contribution in [0, 0.1) is 0 Å². The first kappa shape index (κ1) is 19.2. The molecule has 0 rings (SSSR count). The lowest BCUT2D eigenvalue weighted by Crippen LogP contribution is -3.00. The highest BCUT2D eigenvalue weighted by molar-refractivity contribution is 4.71. The van der Waals surface area contributed by atoms with Gasteiger partial charge >= 0.3 is 0 Å². The molecule has 0 fully saturated rings. The predicted molar refractivity (Wildman–Crippen MR) is 46.6 cm³/mol. The average Bonchev–Trinajstić information content (AvgIpc) is 1.55. The van der Waals surface area contributed by atoms with Crippen molar-refractivity contribution in [3.8, 4) is 0 Å². The third-order valence-electron chi connectivity index (χ3n) is 1.07. The fourth-order valence-electron chi connectivity index (χ4n) is 0.590. The Labute approximate surface area is 102 Å². The molecule has 0 atom stereocenters. The van der Waals surface area contributed by atoms with E-state index in [1.807, 2.05) is 40.5 Å². The highest BCUT2D eigenvalue weighted by Gasteiger charge is 2.06. The van der Waals surface area contributed by atoms with Crippen molar-refractivity contribution in [1.82, 2.24) is 0 Å². The smallest absolute Gasteiger partial charge is 0.120 e. The van der Waals surface area contributed by atoms with Crippen LogP contribution >= 0.6 is 0 Å². The lowest BCUT2D eigenvalue weighted by atomic mass is 10.5.